The Bertz CT molecular complexity index is 1410. The van der Waals surface area contributed by atoms with Gasteiger partial charge in [-0.3, -0.25) is 9.48 Å². The zero-order valence-electron chi connectivity index (χ0n) is 20.2. The number of benzene rings is 1. The van der Waals surface area contributed by atoms with E-state index in [1.54, 1.807) is 4.68 Å². The third-order valence-electron chi connectivity index (χ3n) is 6.17. The van der Waals surface area contributed by atoms with Gasteiger partial charge in [-0.1, -0.05) is 18.2 Å². The summed E-state index contributed by atoms with van der Waals surface area (Å²) >= 11 is 0. The number of hydrogen-bond acceptors (Lipinski definition) is 5. The summed E-state index contributed by atoms with van der Waals surface area (Å²) in [5, 5.41) is 11.4. The monoisotopic (exact) mass is 514 g/mol. The van der Waals surface area contributed by atoms with E-state index in [1.165, 1.54) is 0 Å². The molecule has 4 aromatic rings. The molecule has 0 bridgehead atoms. The number of carbonyl (C=O) groups excluding carboxylic acids is 1. The molecule has 1 saturated heterocycles. The first-order chi connectivity index (χ1) is 17.5. The highest BCUT2D eigenvalue weighted by Gasteiger charge is 2.38. The highest BCUT2D eigenvalue weighted by Crippen LogP contribution is 2.33. The number of piperidine rings is 1. The van der Waals surface area contributed by atoms with Crippen molar-refractivity contribution in [1.82, 2.24) is 29.2 Å². The second-order valence-electron chi connectivity index (χ2n) is 8.76. The van der Waals surface area contributed by atoms with Gasteiger partial charge in [0.15, 0.2) is 0 Å². The highest BCUT2D eigenvalue weighted by molar-refractivity contribution is 5.94. The van der Waals surface area contributed by atoms with Gasteiger partial charge in [-0.05, 0) is 31.0 Å². The molecule has 0 radical (unpaired) electrons. The Morgan fingerprint density at radius 3 is 2.30 bits per heavy atom. The molecule has 1 amide bonds. The number of alkyl halides is 3. The minimum atomic E-state index is -5.08. The van der Waals surface area contributed by atoms with Gasteiger partial charge in [0.25, 0.3) is 5.91 Å². The molecule has 3 aromatic heterocycles. The van der Waals surface area contributed by atoms with E-state index < -0.39 is 12.1 Å². The average Bonchev–Trinajstić information content (AvgIpc) is 3.49. The smallest absolute Gasteiger partial charge is 0.475 e. The van der Waals surface area contributed by atoms with Crippen LogP contribution in [0.3, 0.4) is 0 Å². The van der Waals surface area contributed by atoms with Crippen LogP contribution in [0.5, 0.6) is 0 Å². The summed E-state index contributed by atoms with van der Waals surface area (Å²) in [6, 6.07) is 11.7. The summed E-state index contributed by atoms with van der Waals surface area (Å²) in [5.41, 5.74) is 5.63. The van der Waals surface area contributed by atoms with Gasteiger partial charge in [0.05, 0.1) is 18.0 Å². The number of carboxylic acids is 1. The Morgan fingerprint density at radius 1 is 1.08 bits per heavy atom. The standard InChI is InChI=1S/C23H24N6O.C2HF3O2/c1-27-15-24-22-20(27)12-19(26-21(22)18-13-25-28(2)14-18)16-8-10-29(11-9-16)23(30)17-6-4-3-5-7-17;3-2(4,5)1(6)7/h3-7,12-16H,8-11H2,1-2H3;(H,6,7). The molecule has 37 heavy (non-hydrogen) atoms. The van der Waals surface area contributed by atoms with Gasteiger partial charge < -0.3 is 14.6 Å². The van der Waals surface area contributed by atoms with E-state index in [4.69, 9.17) is 14.9 Å². The van der Waals surface area contributed by atoms with Crippen LogP contribution >= 0.6 is 0 Å². The predicted molar refractivity (Wildman–Crippen MR) is 129 cm³/mol. The fourth-order valence-electron chi connectivity index (χ4n) is 4.24. The Kier molecular flexibility index (Phi) is 7.28. The van der Waals surface area contributed by atoms with Crippen molar-refractivity contribution in [3.63, 3.8) is 0 Å². The quantitative estimate of drug-likeness (QED) is 0.443. The first-order valence-electron chi connectivity index (χ1n) is 11.5. The van der Waals surface area contributed by atoms with Crippen LogP contribution in [-0.4, -0.2) is 65.5 Å². The molecule has 0 spiro atoms. The first kappa shape index (κ1) is 25.9. The number of rotatable bonds is 3. The number of aryl methyl sites for hydroxylation is 2. The lowest BCUT2D eigenvalue weighted by Gasteiger charge is -2.32. The van der Waals surface area contributed by atoms with E-state index in [-0.39, 0.29) is 5.91 Å². The van der Waals surface area contributed by atoms with Crippen molar-refractivity contribution in [2.45, 2.75) is 24.9 Å². The van der Waals surface area contributed by atoms with Gasteiger partial charge in [0.2, 0.25) is 0 Å². The molecule has 0 aliphatic carbocycles. The van der Waals surface area contributed by atoms with Crippen molar-refractivity contribution in [2.75, 3.05) is 13.1 Å². The summed E-state index contributed by atoms with van der Waals surface area (Å²) in [6.07, 6.45) is 2.36. The van der Waals surface area contributed by atoms with E-state index in [1.807, 2.05) is 72.6 Å². The first-order valence-corrected chi connectivity index (χ1v) is 11.5. The third-order valence-corrected chi connectivity index (χ3v) is 6.17. The molecule has 194 valence electrons. The lowest BCUT2D eigenvalue weighted by atomic mass is 9.92. The van der Waals surface area contributed by atoms with Crippen LogP contribution in [0.2, 0.25) is 0 Å². The van der Waals surface area contributed by atoms with E-state index >= 15 is 0 Å². The second kappa shape index (κ2) is 10.4. The average molecular weight is 515 g/mol. The van der Waals surface area contributed by atoms with Crippen LogP contribution in [0.1, 0.15) is 34.8 Å². The van der Waals surface area contributed by atoms with Crippen molar-refractivity contribution < 1.29 is 27.9 Å². The van der Waals surface area contributed by atoms with E-state index in [9.17, 15) is 18.0 Å². The Balaban J connectivity index is 0.000000405. The number of likely N-dealkylation sites (tertiary alicyclic amines) is 1. The van der Waals surface area contributed by atoms with Gasteiger partial charge in [0, 0.05) is 56.1 Å². The number of fused-ring (bicyclic) bond motifs is 1. The lowest BCUT2D eigenvalue weighted by Crippen LogP contribution is -2.38. The SMILES string of the molecule is Cn1cc(-c2nc(C3CCN(C(=O)c4ccccc4)CC3)cc3c2ncn3C)cn1.O=C(O)C(F)(F)F. The minimum Gasteiger partial charge on any atom is -0.475 e. The molecule has 0 atom stereocenters. The molecule has 12 heteroatoms. The molecule has 1 fully saturated rings. The maximum absolute atomic E-state index is 12.8. The fourth-order valence-corrected chi connectivity index (χ4v) is 4.24. The number of pyridine rings is 1. The molecule has 9 nitrogen and oxygen atoms in total. The molecule has 5 rings (SSSR count). The number of carboxylic acid groups (broad SMARTS) is 1. The van der Waals surface area contributed by atoms with E-state index in [0.29, 0.717) is 5.92 Å². The van der Waals surface area contributed by atoms with Crippen molar-refractivity contribution in [3.8, 4) is 11.3 Å². The van der Waals surface area contributed by atoms with Gasteiger partial charge >= 0.3 is 12.1 Å². The minimum absolute atomic E-state index is 0.111. The lowest BCUT2D eigenvalue weighted by molar-refractivity contribution is -0.192. The van der Waals surface area contributed by atoms with Gasteiger partial charge in [-0.2, -0.15) is 18.3 Å². The highest BCUT2D eigenvalue weighted by atomic mass is 19.4. The number of aliphatic carboxylic acids is 1. The number of imidazole rings is 1. The zero-order valence-corrected chi connectivity index (χ0v) is 20.2. The van der Waals surface area contributed by atoms with Crippen molar-refractivity contribution in [1.29, 1.82) is 0 Å². The maximum Gasteiger partial charge on any atom is 0.490 e. The van der Waals surface area contributed by atoms with Gasteiger partial charge in [-0.25, -0.2) is 14.8 Å². The molecule has 0 unspecified atom stereocenters. The number of aromatic nitrogens is 5. The van der Waals surface area contributed by atoms with Crippen molar-refractivity contribution >= 4 is 22.9 Å². The molecular weight excluding hydrogens is 489 g/mol. The van der Waals surface area contributed by atoms with Gasteiger partial charge in [-0.15, -0.1) is 0 Å². The number of hydrogen-bond donors (Lipinski definition) is 1. The van der Waals surface area contributed by atoms with Gasteiger partial charge in [0.1, 0.15) is 11.2 Å². The number of nitrogens with zero attached hydrogens (tertiary/aromatic N) is 6. The fraction of sp³-hybridized carbons (Fsp3) is 0.320. The normalized spacial score (nSPS) is 14.4. The van der Waals surface area contributed by atoms with Crippen LogP contribution < -0.4 is 0 Å². The topological polar surface area (TPSA) is 106 Å². The van der Waals surface area contributed by atoms with Crippen LogP contribution in [-0.2, 0) is 18.9 Å². The molecule has 1 aromatic carbocycles. The number of amides is 1. The van der Waals surface area contributed by atoms with Crippen molar-refractivity contribution in [2.24, 2.45) is 14.1 Å². The Labute approximate surface area is 210 Å². The Morgan fingerprint density at radius 2 is 1.73 bits per heavy atom. The Hall–Kier alpha value is -4.22. The molecular formula is C25H25F3N6O3. The molecule has 4 heterocycles. The molecule has 1 aliphatic rings. The largest absolute Gasteiger partial charge is 0.490 e. The zero-order chi connectivity index (χ0) is 26.7. The molecule has 1 N–H and O–H groups in total. The van der Waals surface area contributed by atoms with E-state index in [0.717, 1.165) is 59.5 Å². The summed E-state index contributed by atoms with van der Waals surface area (Å²) in [5.74, 6) is -2.33. The summed E-state index contributed by atoms with van der Waals surface area (Å²) in [6.45, 7) is 1.48. The summed E-state index contributed by atoms with van der Waals surface area (Å²) < 4.78 is 35.6. The van der Waals surface area contributed by atoms with Crippen molar-refractivity contribution in [3.05, 3.63) is 66.4 Å². The summed E-state index contributed by atoms with van der Waals surface area (Å²) in [7, 11) is 3.91. The molecule has 1 aliphatic heterocycles. The number of halogens is 3. The van der Waals surface area contributed by atoms with E-state index in [2.05, 4.69) is 16.1 Å². The van der Waals surface area contributed by atoms with Crippen LogP contribution in [0, 0.1) is 0 Å². The predicted octanol–water partition coefficient (Wildman–Crippen LogP) is 4.02. The third kappa shape index (κ3) is 5.79. The summed E-state index contributed by atoms with van der Waals surface area (Å²) in [4.78, 5) is 33.2. The number of carbonyl (C=O) groups is 2. The van der Waals surface area contributed by atoms with Crippen LogP contribution in [0.25, 0.3) is 22.3 Å². The molecule has 0 saturated carbocycles. The second-order valence-corrected chi connectivity index (χ2v) is 8.76. The van der Waals surface area contributed by atoms with Crippen LogP contribution in [0.4, 0.5) is 13.2 Å². The maximum atomic E-state index is 12.8. The van der Waals surface area contributed by atoms with Crippen LogP contribution in [0.15, 0.2) is 55.1 Å².